The van der Waals surface area contributed by atoms with Gasteiger partial charge in [-0.3, -0.25) is 14.6 Å². The van der Waals surface area contributed by atoms with Gasteiger partial charge in [-0.1, -0.05) is 42.5 Å². The molecule has 4 nitrogen and oxygen atoms in total. The molecule has 0 bridgehead atoms. The van der Waals surface area contributed by atoms with Crippen molar-refractivity contribution < 1.29 is 9.53 Å². The predicted molar refractivity (Wildman–Crippen MR) is 97.6 cm³/mol. The number of hydrogen-bond acceptors (Lipinski definition) is 4. The Morgan fingerprint density at radius 1 is 1.29 bits per heavy atom. The maximum atomic E-state index is 11.5. The van der Waals surface area contributed by atoms with E-state index < -0.39 is 0 Å². The van der Waals surface area contributed by atoms with E-state index in [9.17, 15) is 4.79 Å². The van der Waals surface area contributed by atoms with Gasteiger partial charge in [0.05, 0.1) is 6.04 Å². The largest absolute Gasteiger partial charge is 0.461 e. The first-order valence-electron chi connectivity index (χ1n) is 8.53. The van der Waals surface area contributed by atoms with E-state index in [1.807, 2.05) is 18.2 Å². The summed E-state index contributed by atoms with van der Waals surface area (Å²) in [6.07, 6.45) is 4.56. The summed E-state index contributed by atoms with van der Waals surface area (Å²) in [5, 5.41) is 0. The highest BCUT2D eigenvalue weighted by atomic mass is 16.5. The van der Waals surface area contributed by atoms with Gasteiger partial charge in [-0.2, -0.15) is 0 Å². The topological polar surface area (TPSA) is 32.8 Å². The molecular formula is C20H28N2O2. The van der Waals surface area contributed by atoms with E-state index in [0.717, 1.165) is 39.1 Å². The van der Waals surface area contributed by atoms with E-state index in [1.165, 1.54) is 12.5 Å². The first-order chi connectivity index (χ1) is 11.6. The zero-order valence-corrected chi connectivity index (χ0v) is 14.6. The summed E-state index contributed by atoms with van der Waals surface area (Å²) in [6, 6.07) is 10.6. The minimum atomic E-state index is -0.210. The number of ether oxygens (including phenoxy) is 1. The van der Waals surface area contributed by atoms with Gasteiger partial charge in [0.2, 0.25) is 0 Å². The van der Waals surface area contributed by atoms with Crippen molar-refractivity contribution >= 4 is 5.97 Å². The molecule has 1 aliphatic heterocycles. The molecule has 0 aromatic heterocycles. The minimum Gasteiger partial charge on any atom is -0.461 e. The number of benzene rings is 1. The van der Waals surface area contributed by atoms with Gasteiger partial charge in [0, 0.05) is 39.6 Å². The van der Waals surface area contributed by atoms with Crippen LogP contribution in [0.5, 0.6) is 0 Å². The van der Waals surface area contributed by atoms with Crippen molar-refractivity contribution in [2.45, 2.75) is 32.0 Å². The molecule has 24 heavy (non-hydrogen) atoms. The molecule has 0 aliphatic carbocycles. The van der Waals surface area contributed by atoms with Crippen LogP contribution in [0.1, 0.15) is 18.9 Å². The van der Waals surface area contributed by atoms with Crippen molar-refractivity contribution in [2.24, 2.45) is 0 Å². The van der Waals surface area contributed by atoms with Crippen molar-refractivity contribution in [2.75, 3.05) is 26.2 Å². The molecule has 0 amide bonds. The van der Waals surface area contributed by atoms with E-state index >= 15 is 0 Å². The third kappa shape index (κ3) is 5.32. The zero-order valence-electron chi connectivity index (χ0n) is 14.6. The lowest BCUT2D eigenvalue weighted by Gasteiger charge is -2.43. The van der Waals surface area contributed by atoms with Crippen molar-refractivity contribution in [3.8, 4) is 0 Å². The van der Waals surface area contributed by atoms with E-state index in [0.29, 0.717) is 0 Å². The summed E-state index contributed by atoms with van der Waals surface area (Å²) in [5.41, 5.74) is 1.31. The molecule has 1 heterocycles. The van der Waals surface area contributed by atoms with Crippen LogP contribution >= 0.6 is 0 Å². The molecule has 2 rings (SSSR count). The highest BCUT2D eigenvalue weighted by Crippen LogP contribution is 2.21. The zero-order chi connectivity index (χ0) is 17.4. The fourth-order valence-corrected chi connectivity index (χ4v) is 3.34. The Kier molecular flexibility index (Phi) is 7.22. The van der Waals surface area contributed by atoms with Crippen molar-refractivity contribution in [1.29, 1.82) is 0 Å². The fraction of sp³-hybridized carbons (Fsp3) is 0.450. The van der Waals surface area contributed by atoms with Crippen molar-refractivity contribution in [3.63, 3.8) is 0 Å². The maximum absolute atomic E-state index is 11.5. The van der Waals surface area contributed by atoms with E-state index in [1.54, 1.807) is 0 Å². The number of carbonyl (C=O) groups is 1. The molecule has 0 spiro atoms. The third-order valence-corrected chi connectivity index (χ3v) is 4.37. The molecule has 1 aromatic carbocycles. The van der Waals surface area contributed by atoms with E-state index in [-0.39, 0.29) is 18.1 Å². The second kappa shape index (κ2) is 9.40. The number of esters is 1. The predicted octanol–water partition coefficient (Wildman–Crippen LogP) is 2.87. The Morgan fingerprint density at radius 2 is 1.96 bits per heavy atom. The lowest BCUT2D eigenvalue weighted by atomic mass is 9.99. The third-order valence-electron chi connectivity index (χ3n) is 4.37. The smallest absolute Gasteiger partial charge is 0.302 e. The number of nitrogens with zero attached hydrogens (tertiary/aromatic N) is 2. The fourth-order valence-electron chi connectivity index (χ4n) is 3.34. The molecule has 1 fully saturated rings. The van der Waals surface area contributed by atoms with Crippen LogP contribution < -0.4 is 0 Å². The standard InChI is InChI=1S/C20H28N2O2/c1-4-12-22(13-5-2)19-16-21(14-11-20(19)24-17(3)23)15-18-9-7-6-8-10-18/h4-10,19-20H,1-2,11-16H2,3H3/t19-,20-/m0/s1. The summed E-state index contributed by atoms with van der Waals surface area (Å²) in [6.45, 7) is 13.4. The van der Waals surface area contributed by atoms with Crippen molar-refractivity contribution in [1.82, 2.24) is 9.80 Å². The van der Waals surface area contributed by atoms with Crippen LogP contribution in [-0.2, 0) is 16.1 Å². The second-order valence-electron chi connectivity index (χ2n) is 6.26. The molecule has 0 saturated carbocycles. The number of piperidine rings is 1. The molecule has 0 N–H and O–H groups in total. The Balaban J connectivity index is 2.10. The van der Waals surface area contributed by atoms with Gasteiger partial charge in [-0.05, 0) is 12.0 Å². The van der Waals surface area contributed by atoms with E-state index in [4.69, 9.17) is 4.74 Å². The molecule has 4 heteroatoms. The van der Waals surface area contributed by atoms with Crippen molar-refractivity contribution in [3.05, 3.63) is 61.2 Å². The summed E-state index contributed by atoms with van der Waals surface area (Å²) in [4.78, 5) is 16.2. The average Bonchev–Trinajstić information content (AvgIpc) is 2.56. The van der Waals surface area contributed by atoms with Gasteiger partial charge >= 0.3 is 5.97 Å². The van der Waals surface area contributed by atoms with Gasteiger partial charge in [0.25, 0.3) is 0 Å². The SMILES string of the molecule is C=CCN(CC=C)[C@H]1CN(Cc2ccccc2)CC[C@@H]1OC(C)=O. The molecular weight excluding hydrogens is 300 g/mol. The number of hydrogen-bond donors (Lipinski definition) is 0. The number of likely N-dealkylation sites (tertiary alicyclic amines) is 1. The van der Waals surface area contributed by atoms with E-state index in [2.05, 4.69) is 47.2 Å². The van der Waals surface area contributed by atoms with Crippen LogP contribution in [0.15, 0.2) is 55.6 Å². The van der Waals surface area contributed by atoms with Gasteiger partial charge in [-0.25, -0.2) is 0 Å². The lowest BCUT2D eigenvalue weighted by Crippen LogP contribution is -2.56. The summed E-state index contributed by atoms with van der Waals surface area (Å²) >= 11 is 0. The molecule has 0 unspecified atom stereocenters. The highest BCUT2D eigenvalue weighted by molar-refractivity contribution is 5.66. The van der Waals surface area contributed by atoms with Gasteiger partial charge in [-0.15, -0.1) is 13.2 Å². The molecule has 1 saturated heterocycles. The normalized spacial score (nSPS) is 21.4. The van der Waals surface area contributed by atoms with Crippen LogP contribution in [0, 0.1) is 0 Å². The number of rotatable bonds is 8. The first kappa shape index (κ1) is 18.4. The van der Waals surface area contributed by atoms with Crippen LogP contribution in [0.2, 0.25) is 0 Å². The molecule has 2 atom stereocenters. The minimum absolute atomic E-state index is 0.0746. The molecule has 1 aliphatic rings. The highest BCUT2D eigenvalue weighted by Gasteiger charge is 2.34. The van der Waals surface area contributed by atoms with Gasteiger partial charge < -0.3 is 4.74 Å². The van der Waals surface area contributed by atoms with Crippen LogP contribution in [0.3, 0.4) is 0 Å². The lowest BCUT2D eigenvalue weighted by molar-refractivity contribution is -0.153. The Bertz CT molecular complexity index is 534. The van der Waals surface area contributed by atoms with Crippen LogP contribution in [-0.4, -0.2) is 54.1 Å². The quantitative estimate of drug-likeness (QED) is 0.543. The van der Waals surface area contributed by atoms with Gasteiger partial charge in [0.15, 0.2) is 0 Å². The molecule has 0 radical (unpaired) electrons. The molecule has 130 valence electrons. The first-order valence-corrected chi connectivity index (χ1v) is 8.53. The Labute approximate surface area is 145 Å². The summed E-state index contributed by atoms with van der Waals surface area (Å²) in [7, 11) is 0. The molecule has 1 aromatic rings. The maximum Gasteiger partial charge on any atom is 0.302 e. The monoisotopic (exact) mass is 328 g/mol. The summed E-state index contributed by atoms with van der Waals surface area (Å²) in [5.74, 6) is -0.210. The van der Waals surface area contributed by atoms with Crippen LogP contribution in [0.25, 0.3) is 0 Å². The summed E-state index contributed by atoms with van der Waals surface area (Å²) < 4.78 is 5.60. The average molecular weight is 328 g/mol. The Morgan fingerprint density at radius 3 is 2.54 bits per heavy atom. The Hall–Kier alpha value is -1.91. The van der Waals surface area contributed by atoms with Crippen LogP contribution in [0.4, 0.5) is 0 Å². The van der Waals surface area contributed by atoms with Gasteiger partial charge in [0.1, 0.15) is 6.10 Å². The number of carbonyl (C=O) groups excluding carboxylic acids is 1. The second-order valence-corrected chi connectivity index (χ2v) is 6.26.